The van der Waals surface area contributed by atoms with Crippen molar-refractivity contribution in [3.05, 3.63) is 192 Å². The number of fused-ring (bicyclic) bond motifs is 10. The van der Waals surface area contributed by atoms with E-state index in [0.717, 1.165) is 90.2 Å². The molecule has 0 aliphatic heterocycles. The van der Waals surface area contributed by atoms with E-state index in [1.807, 2.05) is 48.5 Å². The Balaban J connectivity index is 1.13. The molecule has 0 aliphatic rings. The van der Waals surface area contributed by atoms with Gasteiger partial charge in [0, 0.05) is 67.2 Å². The summed E-state index contributed by atoms with van der Waals surface area (Å²) in [7, 11) is 0. The van der Waals surface area contributed by atoms with E-state index < -0.39 is 23.5 Å². The third kappa shape index (κ3) is 6.47. The molecule has 0 atom stereocenters. The number of anilines is 6. The first-order valence-corrected chi connectivity index (χ1v) is 20.5. The third-order valence-corrected chi connectivity index (χ3v) is 12.0. The van der Waals surface area contributed by atoms with E-state index in [0.29, 0.717) is 44.8 Å². The molecule has 64 heavy (non-hydrogen) atoms. The van der Waals surface area contributed by atoms with Crippen LogP contribution in [0.15, 0.2) is 179 Å². The fraction of sp³-hybridized carbons (Fsp3) is 0.0741. The van der Waals surface area contributed by atoms with Crippen LogP contribution in [0.5, 0.6) is 0 Å². The molecule has 0 saturated carbocycles. The molecular formula is C54H34F6N2O2. The highest BCUT2D eigenvalue weighted by Crippen LogP contribution is 2.49. The second-order valence-corrected chi connectivity index (χ2v) is 16.1. The summed E-state index contributed by atoms with van der Waals surface area (Å²) in [6.07, 6.45) is -9.17. The number of hydrogen-bond donors (Lipinski definition) is 0. The Labute approximate surface area is 361 Å². The second-order valence-electron chi connectivity index (χ2n) is 16.1. The second kappa shape index (κ2) is 14.4. The van der Waals surface area contributed by atoms with Crippen LogP contribution in [0.25, 0.3) is 65.4 Å². The van der Waals surface area contributed by atoms with E-state index in [4.69, 9.17) is 8.83 Å². The van der Waals surface area contributed by atoms with E-state index in [1.54, 1.807) is 11.0 Å². The highest BCUT2D eigenvalue weighted by molar-refractivity contribution is 6.27. The van der Waals surface area contributed by atoms with Gasteiger partial charge in [-0.05, 0) is 110 Å². The molecule has 0 amide bonds. The van der Waals surface area contributed by atoms with Crippen molar-refractivity contribution >= 4 is 99.5 Å². The SMILES string of the molecule is Cc1ccc(N(c2ccc(C)cc2)c2cc3oc4cc5c(cc4c3c3ccccc23)oc2cc(N(c3ccc(C(F)(F)F)cc3)c3ccc(C(F)(F)F)cc3)c3ccccc3c25)cc1. The van der Waals surface area contributed by atoms with Crippen LogP contribution in [-0.4, -0.2) is 0 Å². The van der Waals surface area contributed by atoms with Crippen molar-refractivity contribution in [1.82, 2.24) is 0 Å². The first-order valence-electron chi connectivity index (χ1n) is 20.5. The molecule has 10 heteroatoms. The zero-order valence-electron chi connectivity index (χ0n) is 34.1. The predicted octanol–water partition coefficient (Wildman–Crippen LogP) is 17.4. The summed E-state index contributed by atoms with van der Waals surface area (Å²) in [5.74, 6) is 0. The summed E-state index contributed by atoms with van der Waals surface area (Å²) < 4.78 is 95.8. The molecule has 11 rings (SSSR count). The molecule has 11 aromatic rings. The monoisotopic (exact) mass is 856 g/mol. The van der Waals surface area contributed by atoms with E-state index in [1.165, 1.54) is 24.3 Å². The molecule has 9 aromatic carbocycles. The van der Waals surface area contributed by atoms with Crippen LogP contribution in [0.3, 0.4) is 0 Å². The van der Waals surface area contributed by atoms with Crippen molar-refractivity contribution in [1.29, 1.82) is 0 Å². The van der Waals surface area contributed by atoms with Gasteiger partial charge in [0.05, 0.1) is 22.5 Å². The summed E-state index contributed by atoms with van der Waals surface area (Å²) in [6.45, 7) is 4.14. The van der Waals surface area contributed by atoms with Crippen molar-refractivity contribution in [3.8, 4) is 0 Å². The zero-order valence-corrected chi connectivity index (χ0v) is 34.1. The quantitative estimate of drug-likeness (QED) is 0.156. The fourth-order valence-corrected chi connectivity index (χ4v) is 8.95. The van der Waals surface area contributed by atoms with Crippen LogP contribution >= 0.6 is 0 Å². The Bertz CT molecular complexity index is 3490. The third-order valence-electron chi connectivity index (χ3n) is 12.0. The molecule has 0 radical (unpaired) electrons. The van der Waals surface area contributed by atoms with Crippen LogP contribution < -0.4 is 9.80 Å². The van der Waals surface area contributed by atoms with Crippen LogP contribution in [0.4, 0.5) is 60.5 Å². The van der Waals surface area contributed by atoms with E-state index in [2.05, 4.69) is 85.5 Å². The predicted molar refractivity (Wildman–Crippen MR) is 245 cm³/mol. The number of nitrogens with zero attached hydrogens (tertiary/aromatic N) is 2. The molecule has 0 saturated heterocycles. The van der Waals surface area contributed by atoms with Gasteiger partial charge in [0.2, 0.25) is 0 Å². The van der Waals surface area contributed by atoms with Crippen molar-refractivity contribution in [3.63, 3.8) is 0 Å². The molecule has 314 valence electrons. The summed E-state index contributed by atoms with van der Waals surface area (Å²) in [5, 5.41) is 6.82. The van der Waals surface area contributed by atoms with Crippen LogP contribution in [0.1, 0.15) is 22.3 Å². The molecule has 0 bridgehead atoms. The molecule has 0 spiro atoms. The van der Waals surface area contributed by atoms with Crippen LogP contribution in [0, 0.1) is 13.8 Å². The molecule has 2 aromatic heterocycles. The molecule has 2 heterocycles. The highest BCUT2D eigenvalue weighted by Gasteiger charge is 2.32. The number of hydrogen-bond acceptors (Lipinski definition) is 4. The summed E-state index contributed by atoms with van der Waals surface area (Å²) in [4.78, 5) is 3.89. The summed E-state index contributed by atoms with van der Waals surface area (Å²) in [6, 6.07) is 49.6. The van der Waals surface area contributed by atoms with Crippen molar-refractivity contribution in [2.75, 3.05) is 9.80 Å². The largest absolute Gasteiger partial charge is 0.456 e. The lowest BCUT2D eigenvalue weighted by atomic mass is 9.98. The molecule has 0 fully saturated rings. The first-order chi connectivity index (χ1) is 30.8. The lowest BCUT2D eigenvalue weighted by Gasteiger charge is -2.27. The minimum absolute atomic E-state index is 0.312. The fourth-order valence-electron chi connectivity index (χ4n) is 8.95. The van der Waals surface area contributed by atoms with Gasteiger partial charge in [0.25, 0.3) is 0 Å². The van der Waals surface area contributed by atoms with Crippen molar-refractivity contribution in [2.24, 2.45) is 0 Å². The minimum atomic E-state index is -4.58. The number of alkyl halides is 6. The van der Waals surface area contributed by atoms with Gasteiger partial charge in [0.15, 0.2) is 0 Å². The Morgan fingerprint density at radius 1 is 0.344 bits per heavy atom. The number of halogens is 6. The maximum Gasteiger partial charge on any atom is 0.416 e. The standard InChI is InChI=1S/C54H34F6N2O2/c1-31-11-19-35(20-12-31)61(36-21-13-32(2)14-22-36)45-29-49-51(41-9-5-3-7-39(41)45)43-27-48-44(28-47(43)63-49)52-42-10-6-4-8-40(42)46(30-50(52)64-48)62(37-23-15-33(16-24-37)53(55,56)57)38-25-17-34(18-26-38)54(58,59)60/h3-30H,1-2H3. The molecule has 4 nitrogen and oxygen atoms in total. The van der Waals surface area contributed by atoms with Gasteiger partial charge in [-0.1, -0.05) is 83.9 Å². The minimum Gasteiger partial charge on any atom is -0.456 e. The molecule has 0 N–H and O–H groups in total. The van der Waals surface area contributed by atoms with Crippen LogP contribution in [-0.2, 0) is 12.4 Å². The van der Waals surface area contributed by atoms with Crippen molar-refractivity contribution < 1.29 is 35.2 Å². The van der Waals surface area contributed by atoms with Gasteiger partial charge in [-0.25, -0.2) is 0 Å². The van der Waals surface area contributed by atoms with E-state index in [-0.39, 0.29) is 0 Å². The molecular weight excluding hydrogens is 823 g/mol. The maximum atomic E-state index is 13.7. The Kier molecular flexibility index (Phi) is 8.82. The Morgan fingerprint density at radius 2 is 0.656 bits per heavy atom. The molecule has 0 unspecified atom stereocenters. The van der Waals surface area contributed by atoms with Gasteiger partial charge in [-0.3, -0.25) is 0 Å². The van der Waals surface area contributed by atoms with Gasteiger partial charge in [-0.2, -0.15) is 26.3 Å². The number of rotatable bonds is 6. The zero-order chi connectivity index (χ0) is 44.1. The molecule has 0 aliphatic carbocycles. The number of furan rings is 2. The first kappa shape index (κ1) is 39.1. The van der Waals surface area contributed by atoms with Crippen LogP contribution in [0.2, 0.25) is 0 Å². The van der Waals surface area contributed by atoms with Crippen molar-refractivity contribution in [2.45, 2.75) is 26.2 Å². The Morgan fingerprint density at radius 3 is 0.984 bits per heavy atom. The summed E-state index contributed by atoms with van der Waals surface area (Å²) in [5.41, 5.74) is 7.08. The van der Waals surface area contributed by atoms with Gasteiger partial charge in [0.1, 0.15) is 22.3 Å². The highest BCUT2D eigenvalue weighted by atomic mass is 19.4. The normalized spacial score (nSPS) is 12.4. The Hall–Kier alpha value is -7.72. The topological polar surface area (TPSA) is 32.8 Å². The number of aryl methyl sites for hydroxylation is 2. The number of benzene rings is 9. The van der Waals surface area contributed by atoms with Gasteiger partial charge in [-0.15, -0.1) is 0 Å². The lowest BCUT2D eigenvalue weighted by Crippen LogP contribution is -2.12. The van der Waals surface area contributed by atoms with E-state index in [9.17, 15) is 26.3 Å². The van der Waals surface area contributed by atoms with Gasteiger partial charge < -0.3 is 18.6 Å². The average Bonchev–Trinajstić information content (AvgIpc) is 3.83. The smallest absolute Gasteiger partial charge is 0.416 e. The lowest BCUT2D eigenvalue weighted by molar-refractivity contribution is -0.138. The summed E-state index contributed by atoms with van der Waals surface area (Å²) >= 11 is 0. The van der Waals surface area contributed by atoms with Gasteiger partial charge >= 0.3 is 12.4 Å². The average molecular weight is 857 g/mol. The maximum absolute atomic E-state index is 13.7. The van der Waals surface area contributed by atoms with E-state index >= 15 is 0 Å².